The fraction of sp³-hybridized carbons (Fsp3) is 0.318. The maximum absolute atomic E-state index is 12.8. The van der Waals surface area contributed by atoms with Crippen LogP contribution in [-0.2, 0) is 9.59 Å². The number of carbonyl (C=O) groups is 2. The Labute approximate surface area is 177 Å². The van der Waals surface area contributed by atoms with Crippen LogP contribution in [-0.4, -0.2) is 27.6 Å². The predicted molar refractivity (Wildman–Crippen MR) is 115 cm³/mol. The van der Waals surface area contributed by atoms with Crippen molar-refractivity contribution in [2.24, 2.45) is 28.8 Å². The third-order valence-electron chi connectivity index (χ3n) is 6.32. The summed E-state index contributed by atoms with van der Waals surface area (Å²) in [4.78, 5) is 25.6. The Morgan fingerprint density at radius 2 is 1.71 bits per heavy atom. The van der Waals surface area contributed by atoms with Crippen molar-refractivity contribution in [3.8, 4) is 5.69 Å². The van der Waals surface area contributed by atoms with Crippen LogP contribution < -0.4 is 0 Å². The molecule has 2 bridgehead atoms. The molecule has 3 aliphatic rings. The highest BCUT2D eigenvalue weighted by Gasteiger charge is 2.59. The number of aromatic nitrogens is 1. The van der Waals surface area contributed by atoms with Crippen LogP contribution in [0.3, 0.4) is 0 Å². The summed E-state index contributed by atoms with van der Waals surface area (Å²) in [6.45, 7) is 4.08. The van der Waals surface area contributed by atoms with Crippen molar-refractivity contribution in [3.05, 3.63) is 63.0 Å². The number of carbonyl (C=O) groups excluding carboxylic acids is 2. The second-order valence-electron chi connectivity index (χ2n) is 7.85. The van der Waals surface area contributed by atoms with E-state index in [1.165, 1.54) is 0 Å². The van der Waals surface area contributed by atoms with Crippen molar-refractivity contribution < 1.29 is 9.59 Å². The van der Waals surface area contributed by atoms with E-state index in [4.69, 9.17) is 0 Å². The molecule has 2 aromatic rings. The Bertz CT molecular complexity index is 1040. The van der Waals surface area contributed by atoms with Crippen LogP contribution in [0.15, 0.2) is 47.6 Å². The van der Waals surface area contributed by atoms with Crippen LogP contribution in [0, 0.1) is 41.1 Å². The lowest BCUT2D eigenvalue weighted by atomic mass is 9.85. The Balaban J connectivity index is 1.46. The van der Waals surface area contributed by atoms with E-state index in [0.717, 1.165) is 37.6 Å². The normalized spacial score (nSPS) is 28.2. The van der Waals surface area contributed by atoms with Gasteiger partial charge >= 0.3 is 0 Å². The summed E-state index contributed by atoms with van der Waals surface area (Å²) in [5.74, 6) is -0.297. The third-order valence-corrected chi connectivity index (χ3v) is 7.24. The first-order valence-electron chi connectivity index (χ1n) is 9.51. The highest BCUT2D eigenvalue weighted by atomic mass is 127. The van der Waals surface area contributed by atoms with Crippen LogP contribution in [0.1, 0.15) is 23.4 Å². The third kappa shape index (κ3) is 2.46. The molecule has 28 heavy (non-hydrogen) atoms. The SMILES string of the molecule is Cc1cc(/C=N\N2C(=O)[C@@H]3[C@@H](C2=O)[C@H]2C=C[C@H]3C2)c(C)n1-c1ccccc1I. The molecule has 5 rings (SSSR count). The van der Waals surface area contributed by atoms with Crippen LogP contribution in [0.5, 0.6) is 0 Å². The number of halogens is 1. The Morgan fingerprint density at radius 3 is 2.36 bits per heavy atom. The van der Waals surface area contributed by atoms with Crippen molar-refractivity contribution in [2.45, 2.75) is 20.3 Å². The molecule has 2 fully saturated rings. The van der Waals surface area contributed by atoms with Gasteiger partial charge in [0.2, 0.25) is 0 Å². The van der Waals surface area contributed by atoms with Gasteiger partial charge in [0, 0.05) is 20.5 Å². The monoisotopic (exact) mass is 485 g/mol. The molecule has 0 unspecified atom stereocenters. The van der Waals surface area contributed by atoms with E-state index in [0.29, 0.717) is 0 Å². The summed E-state index contributed by atoms with van der Waals surface area (Å²) in [6.07, 6.45) is 6.78. The van der Waals surface area contributed by atoms with Crippen molar-refractivity contribution in [1.82, 2.24) is 9.58 Å². The molecule has 2 heterocycles. The van der Waals surface area contributed by atoms with Crippen LogP contribution >= 0.6 is 22.6 Å². The van der Waals surface area contributed by atoms with Gasteiger partial charge in [-0.05, 0) is 72.9 Å². The lowest BCUT2D eigenvalue weighted by Gasteiger charge is -2.13. The second-order valence-corrected chi connectivity index (χ2v) is 9.01. The van der Waals surface area contributed by atoms with E-state index in [-0.39, 0.29) is 35.5 Å². The summed E-state index contributed by atoms with van der Waals surface area (Å²) in [7, 11) is 0. The van der Waals surface area contributed by atoms with E-state index < -0.39 is 0 Å². The smallest absolute Gasteiger partial charge is 0.254 e. The Kier molecular flexibility index (Phi) is 4.08. The first kappa shape index (κ1) is 17.8. The molecule has 0 radical (unpaired) electrons. The van der Waals surface area contributed by atoms with Crippen molar-refractivity contribution in [2.75, 3.05) is 0 Å². The predicted octanol–water partition coefficient (Wildman–Crippen LogP) is 3.84. The number of allylic oxidation sites excluding steroid dienone is 2. The molecule has 1 saturated heterocycles. The number of imide groups is 1. The number of benzene rings is 1. The number of hydrogen-bond donors (Lipinski definition) is 0. The van der Waals surface area contributed by atoms with Crippen molar-refractivity contribution in [3.63, 3.8) is 0 Å². The molecule has 0 spiro atoms. The van der Waals surface area contributed by atoms with Gasteiger partial charge in [-0.1, -0.05) is 24.3 Å². The largest absolute Gasteiger partial charge is 0.317 e. The summed E-state index contributed by atoms with van der Waals surface area (Å²) in [6, 6.07) is 10.2. The topological polar surface area (TPSA) is 54.7 Å². The zero-order valence-electron chi connectivity index (χ0n) is 15.7. The molecule has 5 nitrogen and oxygen atoms in total. The molecule has 2 aliphatic carbocycles. The molecule has 1 aromatic heterocycles. The maximum Gasteiger partial charge on any atom is 0.254 e. The van der Waals surface area contributed by atoms with Gasteiger partial charge in [0.1, 0.15) is 0 Å². The average molecular weight is 485 g/mol. The number of amides is 2. The standard InChI is InChI=1S/C22H20IN3O2/c1-12-9-16(13(2)25(12)18-6-4-3-5-17(18)23)11-24-26-21(27)19-14-7-8-15(10-14)20(19)22(26)28/h3-9,11,14-15,19-20H,10H2,1-2H3/b24-11-/t14-,15-,19-,20-/m0/s1. The van der Waals surface area contributed by atoms with Gasteiger partial charge in [0.05, 0.1) is 23.7 Å². The molecule has 142 valence electrons. The highest BCUT2D eigenvalue weighted by Crippen LogP contribution is 2.52. The van der Waals surface area contributed by atoms with E-state index in [9.17, 15) is 9.59 Å². The zero-order valence-corrected chi connectivity index (χ0v) is 17.8. The number of para-hydroxylation sites is 1. The van der Waals surface area contributed by atoms with Gasteiger partial charge in [-0.25, -0.2) is 0 Å². The molecular weight excluding hydrogens is 465 g/mol. The van der Waals surface area contributed by atoms with Gasteiger partial charge in [-0.2, -0.15) is 10.1 Å². The second kappa shape index (κ2) is 6.40. The van der Waals surface area contributed by atoms with Crippen LogP contribution in [0.4, 0.5) is 0 Å². The number of rotatable bonds is 3. The highest BCUT2D eigenvalue weighted by molar-refractivity contribution is 14.1. The summed E-state index contributed by atoms with van der Waals surface area (Å²) in [5, 5.41) is 5.44. The number of nitrogens with zero attached hydrogens (tertiary/aromatic N) is 3. The summed E-state index contributed by atoms with van der Waals surface area (Å²) in [5.41, 5.74) is 4.15. The van der Waals surface area contributed by atoms with Gasteiger partial charge in [0.25, 0.3) is 11.8 Å². The fourth-order valence-corrected chi connectivity index (χ4v) is 5.67. The van der Waals surface area contributed by atoms with Gasteiger partial charge in [-0.3, -0.25) is 9.59 Å². The maximum atomic E-state index is 12.8. The minimum Gasteiger partial charge on any atom is -0.317 e. The van der Waals surface area contributed by atoms with E-state index in [1.54, 1.807) is 6.21 Å². The Hall–Kier alpha value is -2.22. The average Bonchev–Trinajstić information content (AvgIpc) is 3.40. The van der Waals surface area contributed by atoms with Crippen LogP contribution in [0.2, 0.25) is 0 Å². The quantitative estimate of drug-likeness (QED) is 0.287. The van der Waals surface area contributed by atoms with Gasteiger partial charge in [-0.15, -0.1) is 0 Å². The van der Waals surface area contributed by atoms with Gasteiger partial charge < -0.3 is 4.57 Å². The Morgan fingerprint density at radius 1 is 1.07 bits per heavy atom. The lowest BCUT2D eigenvalue weighted by Crippen LogP contribution is -2.28. The van der Waals surface area contributed by atoms with Crippen LogP contribution in [0.25, 0.3) is 5.69 Å². The number of fused-ring (bicyclic) bond motifs is 5. The fourth-order valence-electron chi connectivity index (χ4n) is 5.04. The molecule has 1 aliphatic heterocycles. The van der Waals surface area contributed by atoms with E-state index in [2.05, 4.69) is 56.5 Å². The minimum atomic E-state index is -0.210. The molecule has 6 heteroatoms. The molecule has 1 saturated carbocycles. The first-order chi connectivity index (χ1) is 13.5. The number of hydrazone groups is 1. The molecule has 2 amide bonds. The van der Waals surface area contributed by atoms with Gasteiger partial charge in [0.15, 0.2) is 0 Å². The molecule has 4 atom stereocenters. The molecular formula is C22H20IN3O2. The first-order valence-corrected chi connectivity index (χ1v) is 10.6. The van der Waals surface area contributed by atoms with Crippen molar-refractivity contribution in [1.29, 1.82) is 0 Å². The minimum absolute atomic E-state index is 0.144. The molecule has 1 aromatic carbocycles. The zero-order chi connectivity index (χ0) is 19.6. The lowest BCUT2D eigenvalue weighted by molar-refractivity contribution is -0.140. The number of aryl methyl sites for hydroxylation is 1. The summed E-state index contributed by atoms with van der Waals surface area (Å²) >= 11 is 2.33. The summed E-state index contributed by atoms with van der Waals surface area (Å²) < 4.78 is 3.33. The number of hydrogen-bond acceptors (Lipinski definition) is 3. The van der Waals surface area contributed by atoms with E-state index in [1.807, 2.05) is 32.0 Å². The van der Waals surface area contributed by atoms with Crippen molar-refractivity contribution >= 4 is 40.6 Å². The van der Waals surface area contributed by atoms with E-state index >= 15 is 0 Å². The molecule has 0 N–H and O–H groups in total.